The standard InChI is InChI=1S/C15H15FSi/c1-10-5-4-6-12-13-9-11(16)7-8-14(13)17(2,3)15(10)12/h4-9H,1-3H3. The van der Waals surface area contributed by atoms with Gasteiger partial charge in [-0.2, -0.15) is 0 Å². The van der Waals surface area contributed by atoms with Crippen molar-refractivity contribution in [3.63, 3.8) is 0 Å². The summed E-state index contributed by atoms with van der Waals surface area (Å²) in [5.41, 5.74) is 3.70. The first-order valence-electron chi connectivity index (χ1n) is 5.92. The van der Waals surface area contributed by atoms with E-state index < -0.39 is 8.07 Å². The molecule has 1 aliphatic rings. The second-order valence-electron chi connectivity index (χ2n) is 5.31. The summed E-state index contributed by atoms with van der Waals surface area (Å²) in [6, 6.07) is 11.6. The van der Waals surface area contributed by atoms with Crippen LogP contribution in [0.5, 0.6) is 0 Å². The lowest BCUT2D eigenvalue weighted by Gasteiger charge is -2.20. The fraction of sp³-hybridized carbons (Fsp3) is 0.200. The first-order valence-corrected chi connectivity index (χ1v) is 8.92. The fourth-order valence-corrected chi connectivity index (χ4v) is 6.75. The first-order chi connectivity index (χ1) is 8.01. The van der Waals surface area contributed by atoms with Crippen LogP contribution in [-0.4, -0.2) is 8.07 Å². The number of aryl methyl sites for hydroxylation is 1. The van der Waals surface area contributed by atoms with Crippen molar-refractivity contribution in [3.8, 4) is 11.1 Å². The molecule has 1 aliphatic heterocycles. The van der Waals surface area contributed by atoms with E-state index in [1.54, 1.807) is 12.1 Å². The summed E-state index contributed by atoms with van der Waals surface area (Å²) in [4.78, 5) is 0. The van der Waals surface area contributed by atoms with Crippen molar-refractivity contribution in [2.75, 3.05) is 0 Å². The number of rotatable bonds is 0. The Hall–Kier alpha value is -1.41. The molecular formula is C15H15FSi. The van der Waals surface area contributed by atoms with Crippen LogP contribution in [0, 0.1) is 12.7 Å². The maximum atomic E-state index is 13.4. The van der Waals surface area contributed by atoms with Gasteiger partial charge in [-0.15, -0.1) is 0 Å². The fourth-order valence-electron chi connectivity index (χ4n) is 3.14. The maximum absolute atomic E-state index is 13.4. The number of hydrogen-bond donors (Lipinski definition) is 0. The van der Waals surface area contributed by atoms with Crippen molar-refractivity contribution < 1.29 is 4.39 Å². The largest absolute Gasteiger partial charge is 0.207 e. The lowest BCUT2D eigenvalue weighted by molar-refractivity contribution is 0.629. The summed E-state index contributed by atoms with van der Waals surface area (Å²) >= 11 is 0. The van der Waals surface area contributed by atoms with E-state index in [1.807, 2.05) is 6.07 Å². The smallest absolute Gasteiger partial charge is 0.123 e. The van der Waals surface area contributed by atoms with Crippen LogP contribution in [0.1, 0.15) is 5.56 Å². The molecular weight excluding hydrogens is 227 g/mol. The van der Waals surface area contributed by atoms with E-state index in [1.165, 1.54) is 21.5 Å². The molecule has 0 aliphatic carbocycles. The molecule has 0 saturated heterocycles. The van der Waals surface area contributed by atoms with Crippen molar-refractivity contribution in [3.05, 3.63) is 47.8 Å². The van der Waals surface area contributed by atoms with Gasteiger partial charge >= 0.3 is 0 Å². The van der Waals surface area contributed by atoms with Crippen LogP contribution in [0.4, 0.5) is 4.39 Å². The number of benzene rings is 2. The third kappa shape index (κ3) is 1.34. The van der Waals surface area contributed by atoms with E-state index in [0.717, 1.165) is 5.56 Å². The van der Waals surface area contributed by atoms with Crippen LogP contribution < -0.4 is 10.4 Å². The van der Waals surface area contributed by atoms with E-state index in [4.69, 9.17) is 0 Å². The topological polar surface area (TPSA) is 0 Å². The third-order valence-corrected chi connectivity index (χ3v) is 7.54. The Morgan fingerprint density at radius 2 is 1.76 bits per heavy atom. The molecule has 2 heteroatoms. The van der Waals surface area contributed by atoms with E-state index in [9.17, 15) is 4.39 Å². The van der Waals surface area contributed by atoms with Crippen LogP contribution in [0.3, 0.4) is 0 Å². The molecule has 0 N–H and O–H groups in total. The summed E-state index contributed by atoms with van der Waals surface area (Å²) < 4.78 is 13.4. The van der Waals surface area contributed by atoms with Crippen LogP contribution >= 0.6 is 0 Å². The van der Waals surface area contributed by atoms with Gasteiger partial charge in [-0.1, -0.05) is 42.9 Å². The summed E-state index contributed by atoms with van der Waals surface area (Å²) in [6.45, 7) is 6.86. The molecule has 0 unspecified atom stereocenters. The quantitative estimate of drug-likeness (QED) is 0.623. The molecule has 0 amide bonds. The molecule has 3 rings (SSSR count). The highest BCUT2D eigenvalue weighted by Crippen LogP contribution is 2.29. The van der Waals surface area contributed by atoms with Crippen molar-refractivity contribution in [1.82, 2.24) is 0 Å². The van der Waals surface area contributed by atoms with Gasteiger partial charge < -0.3 is 0 Å². The molecule has 17 heavy (non-hydrogen) atoms. The van der Waals surface area contributed by atoms with Gasteiger partial charge in [-0.25, -0.2) is 4.39 Å². The van der Waals surface area contributed by atoms with E-state index in [-0.39, 0.29) is 5.82 Å². The van der Waals surface area contributed by atoms with Gasteiger partial charge in [-0.3, -0.25) is 0 Å². The number of hydrogen-bond acceptors (Lipinski definition) is 0. The molecule has 2 aromatic carbocycles. The number of fused-ring (bicyclic) bond motifs is 3. The first kappa shape index (κ1) is 10.7. The third-order valence-electron chi connectivity index (χ3n) is 3.84. The Morgan fingerprint density at radius 3 is 2.53 bits per heavy atom. The summed E-state index contributed by atoms with van der Waals surface area (Å²) in [5.74, 6) is -0.136. The second kappa shape index (κ2) is 3.30. The zero-order valence-corrected chi connectivity index (χ0v) is 11.3. The Labute approximate surface area is 102 Å². The minimum absolute atomic E-state index is 0.136. The normalized spacial score (nSPS) is 15.5. The average Bonchev–Trinajstić information content (AvgIpc) is 2.49. The summed E-state index contributed by atoms with van der Waals surface area (Å²) in [7, 11) is -1.62. The molecule has 0 spiro atoms. The van der Waals surface area contributed by atoms with Crippen LogP contribution in [0.2, 0.25) is 13.1 Å². The highest BCUT2D eigenvalue weighted by Gasteiger charge is 2.38. The molecule has 86 valence electrons. The van der Waals surface area contributed by atoms with Gasteiger partial charge in [-0.05, 0) is 40.6 Å². The molecule has 0 aromatic heterocycles. The minimum Gasteiger partial charge on any atom is -0.207 e. The zero-order valence-electron chi connectivity index (χ0n) is 10.3. The van der Waals surface area contributed by atoms with Gasteiger partial charge in [0.25, 0.3) is 0 Å². The van der Waals surface area contributed by atoms with Crippen molar-refractivity contribution in [2.24, 2.45) is 0 Å². The van der Waals surface area contributed by atoms with E-state index in [0.29, 0.717) is 0 Å². The molecule has 0 saturated carbocycles. The predicted octanol–water partition coefficient (Wildman–Crippen LogP) is 2.94. The summed E-state index contributed by atoms with van der Waals surface area (Å²) in [6.07, 6.45) is 0. The monoisotopic (exact) mass is 242 g/mol. The Morgan fingerprint density at radius 1 is 1.00 bits per heavy atom. The minimum atomic E-state index is -1.62. The zero-order chi connectivity index (χ0) is 12.2. The van der Waals surface area contributed by atoms with E-state index >= 15 is 0 Å². The molecule has 0 nitrogen and oxygen atoms in total. The molecule has 0 atom stereocenters. The van der Waals surface area contributed by atoms with Crippen LogP contribution in [-0.2, 0) is 0 Å². The second-order valence-corrected chi connectivity index (χ2v) is 9.60. The van der Waals surface area contributed by atoms with Gasteiger partial charge in [0.1, 0.15) is 13.9 Å². The Balaban J connectivity index is 2.43. The maximum Gasteiger partial charge on any atom is 0.123 e. The molecule has 2 aromatic rings. The van der Waals surface area contributed by atoms with Gasteiger partial charge in [0.05, 0.1) is 0 Å². The van der Waals surface area contributed by atoms with Crippen molar-refractivity contribution in [2.45, 2.75) is 20.0 Å². The number of halogens is 1. The average molecular weight is 242 g/mol. The Kier molecular flexibility index (Phi) is 2.08. The lowest BCUT2D eigenvalue weighted by atomic mass is 10.0. The van der Waals surface area contributed by atoms with Crippen LogP contribution in [0.15, 0.2) is 36.4 Å². The van der Waals surface area contributed by atoms with Crippen molar-refractivity contribution >= 4 is 18.4 Å². The lowest BCUT2D eigenvalue weighted by Crippen LogP contribution is -2.50. The van der Waals surface area contributed by atoms with Gasteiger partial charge in [0, 0.05) is 0 Å². The molecule has 0 bridgehead atoms. The predicted molar refractivity (Wildman–Crippen MR) is 73.3 cm³/mol. The Bertz CT molecular complexity index is 614. The molecule has 0 radical (unpaired) electrons. The molecule has 1 heterocycles. The highest BCUT2D eigenvalue weighted by molar-refractivity contribution is 7.04. The van der Waals surface area contributed by atoms with Crippen LogP contribution in [0.25, 0.3) is 11.1 Å². The van der Waals surface area contributed by atoms with Crippen molar-refractivity contribution in [1.29, 1.82) is 0 Å². The van der Waals surface area contributed by atoms with Gasteiger partial charge in [0.2, 0.25) is 0 Å². The van der Waals surface area contributed by atoms with E-state index in [2.05, 4.69) is 38.2 Å². The molecule has 0 fully saturated rings. The summed E-state index contributed by atoms with van der Waals surface area (Å²) in [5, 5.41) is 2.84. The van der Waals surface area contributed by atoms with Gasteiger partial charge in [0.15, 0.2) is 0 Å². The SMILES string of the molecule is Cc1cccc2c1[Si](C)(C)c1ccc(F)cc1-2. The highest BCUT2D eigenvalue weighted by atomic mass is 28.3.